The van der Waals surface area contributed by atoms with Crippen LogP contribution in [0.2, 0.25) is 0 Å². The number of hydrogen-bond acceptors (Lipinski definition) is 6. The molecule has 11 heteroatoms. The summed E-state index contributed by atoms with van der Waals surface area (Å²) in [6.45, 7) is 7.68. The van der Waals surface area contributed by atoms with Crippen LogP contribution in [0, 0.1) is 24.2 Å². The van der Waals surface area contributed by atoms with Crippen LogP contribution in [0.5, 0.6) is 0 Å². The molecule has 2 aliphatic rings. The molecule has 0 aliphatic carbocycles. The second-order valence-corrected chi connectivity index (χ2v) is 8.42. The Kier molecular flexibility index (Phi) is 8.07. The SMILES string of the molecule is Cc1cc(NC(=O)Nc2cccc(CN3CCN(/C(=N\C#N)N4CCOCC4)CC3)c2F)ccn1. The van der Waals surface area contributed by atoms with E-state index in [4.69, 9.17) is 10.00 Å². The van der Waals surface area contributed by atoms with E-state index in [2.05, 4.69) is 35.3 Å². The number of nitrogens with zero attached hydrogens (tertiary/aromatic N) is 6. The van der Waals surface area contributed by atoms with Crippen LogP contribution in [0.3, 0.4) is 0 Å². The molecule has 0 unspecified atom stereocenters. The van der Waals surface area contributed by atoms with Gasteiger partial charge in [-0.05, 0) is 25.1 Å². The second kappa shape index (κ2) is 11.6. The van der Waals surface area contributed by atoms with Crippen molar-refractivity contribution in [1.82, 2.24) is 19.7 Å². The Bertz CT molecular complexity index is 1100. The van der Waals surface area contributed by atoms with Gasteiger partial charge in [-0.1, -0.05) is 12.1 Å². The number of halogens is 1. The topological polar surface area (TPSA) is 109 Å². The lowest BCUT2D eigenvalue weighted by Crippen LogP contribution is -2.55. The molecule has 0 radical (unpaired) electrons. The molecule has 2 fully saturated rings. The summed E-state index contributed by atoms with van der Waals surface area (Å²) in [5.41, 5.74) is 1.99. The number of pyridine rings is 1. The van der Waals surface area contributed by atoms with Gasteiger partial charge in [0.2, 0.25) is 12.2 Å². The Morgan fingerprint density at radius 3 is 2.60 bits per heavy atom. The fraction of sp³-hybridized carbons (Fsp3) is 0.417. The van der Waals surface area contributed by atoms with E-state index in [1.807, 2.05) is 13.1 Å². The smallest absolute Gasteiger partial charge is 0.323 e. The van der Waals surface area contributed by atoms with Gasteiger partial charge in [0.05, 0.1) is 18.9 Å². The highest BCUT2D eigenvalue weighted by Crippen LogP contribution is 2.21. The zero-order valence-corrected chi connectivity index (χ0v) is 19.7. The fourth-order valence-electron chi connectivity index (χ4n) is 4.20. The van der Waals surface area contributed by atoms with Crippen molar-refractivity contribution in [2.24, 2.45) is 4.99 Å². The number of morpholine rings is 1. The first kappa shape index (κ1) is 24.4. The number of ether oxygens (including phenoxy) is 1. The van der Waals surface area contributed by atoms with E-state index in [1.165, 1.54) is 0 Å². The minimum atomic E-state index is -0.521. The van der Waals surface area contributed by atoms with Crippen LogP contribution in [0.1, 0.15) is 11.3 Å². The van der Waals surface area contributed by atoms with Crippen LogP contribution in [-0.4, -0.2) is 84.2 Å². The lowest BCUT2D eigenvalue weighted by Gasteiger charge is -2.40. The summed E-state index contributed by atoms with van der Waals surface area (Å²) in [7, 11) is 0. The number of guanidine groups is 1. The lowest BCUT2D eigenvalue weighted by atomic mass is 10.1. The Morgan fingerprint density at radius 1 is 1.14 bits per heavy atom. The normalized spacial score (nSPS) is 17.1. The Morgan fingerprint density at radius 2 is 1.89 bits per heavy atom. The third kappa shape index (κ3) is 6.44. The number of carbonyl (C=O) groups excluding carboxylic acids is 1. The number of aryl methyl sites for hydroxylation is 1. The van der Waals surface area contributed by atoms with Crippen molar-refractivity contribution in [2.75, 3.05) is 63.1 Å². The van der Waals surface area contributed by atoms with Gasteiger partial charge in [-0.15, -0.1) is 4.99 Å². The first-order valence-corrected chi connectivity index (χ1v) is 11.6. The van der Waals surface area contributed by atoms with E-state index >= 15 is 4.39 Å². The minimum absolute atomic E-state index is 0.125. The zero-order valence-electron chi connectivity index (χ0n) is 19.7. The Labute approximate surface area is 204 Å². The molecule has 0 spiro atoms. The summed E-state index contributed by atoms with van der Waals surface area (Å²) in [6, 6.07) is 7.89. The van der Waals surface area contributed by atoms with E-state index in [0.717, 1.165) is 5.69 Å². The van der Waals surface area contributed by atoms with Crippen LogP contribution in [-0.2, 0) is 11.3 Å². The van der Waals surface area contributed by atoms with Crippen LogP contribution < -0.4 is 10.6 Å². The standard InChI is InChI=1S/C24H29FN8O2/c1-18-15-20(5-6-27-18)29-23(34)30-21-4-2-3-19(22(21)25)16-31-7-9-32(10-8-31)24(28-17-26)33-11-13-35-14-12-33/h2-6,15H,7-14,16H2,1H3,(H2,27,29,30,34)/b28-24+. The number of carbonyl (C=O) groups is 1. The van der Waals surface area contributed by atoms with Gasteiger partial charge in [0, 0.05) is 69.0 Å². The number of hydrogen-bond donors (Lipinski definition) is 2. The van der Waals surface area contributed by atoms with Crippen LogP contribution in [0.15, 0.2) is 41.5 Å². The molecule has 4 rings (SSSR count). The summed E-state index contributed by atoms with van der Waals surface area (Å²) in [6.07, 6.45) is 3.52. The molecule has 1 aromatic carbocycles. The van der Waals surface area contributed by atoms with Crippen LogP contribution >= 0.6 is 0 Å². The van der Waals surface area contributed by atoms with Gasteiger partial charge < -0.3 is 25.2 Å². The molecule has 2 aliphatic heterocycles. The van der Waals surface area contributed by atoms with Crippen molar-refractivity contribution in [3.63, 3.8) is 0 Å². The van der Waals surface area contributed by atoms with E-state index in [-0.39, 0.29) is 5.69 Å². The maximum atomic E-state index is 15.2. The number of anilines is 2. The first-order chi connectivity index (χ1) is 17.0. The zero-order chi connectivity index (χ0) is 24.6. The molecule has 2 saturated heterocycles. The van der Waals surface area contributed by atoms with Crippen molar-refractivity contribution in [2.45, 2.75) is 13.5 Å². The van der Waals surface area contributed by atoms with E-state index in [9.17, 15) is 4.79 Å². The molecule has 0 atom stereocenters. The number of rotatable bonds is 4. The maximum Gasteiger partial charge on any atom is 0.323 e. The number of benzene rings is 1. The van der Waals surface area contributed by atoms with E-state index < -0.39 is 11.8 Å². The molecule has 0 bridgehead atoms. The molecule has 2 aromatic rings. The molecule has 10 nitrogen and oxygen atoms in total. The van der Waals surface area contributed by atoms with Crippen molar-refractivity contribution in [3.05, 3.63) is 53.6 Å². The minimum Gasteiger partial charge on any atom is -0.378 e. The molecular weight excluding hydrogens is 451 g/mol. The highest BCUT2D eigenvalue weighted by molar-refractivity contribution is 5.99. The van der Waals surface area contributed by atoms with Gasteiger partial charge in [0.1, 0.15) is 0 Å². The van der Waals surface area contributed by atoms with Crippen molar-refractivity contribution < 1.29 is 13.9 Å². The third-order valence-electron chi connectivity index (χ3n) is 5.97. The predicted molar refractivity (Wildman–Crippen MR) is 130 cm³/mol. The highest BCUT2D eigenvalue weighted by atomic mass is 19.1. The molecule has 35 heavy (non-hydrogen) atoms. The molecule has 3 heterocycles. The van der Waals surface area contributed by atoms with Gasteiger partial charge in [0.25, 0.3) is 0 Å². The van der Waals surface area contributed by atoms with E-state index in [0.29, 0.717) is 76.2 Å². The van der Waals surface area contributed by atoms with Crippen LogP contribution in [0.25, 0.3) is 0 Å². The quantitative estimate of drug-likeness (QED) is 0.393. The average Bonchev–Trinajstić information content (AvgIpc) is 2.86. The van der Waals surface area contributed by atoms with Gasteiger partial charge in [0.15, 0.2) is 5.82 Å². The van der Waals surface area contributed by atoms with Gasteiger partial charge in [-0.3, -0.25) is 9.88 Å². The Hall–Kier alpha value is -3.75. The fourth-order valence-corrected chi connectivity index (χ4v) is 4.20. The average molecular weight is 481 g/mol. The molecule has 2 N–H and O–H groups in total. The third-order valence-corrected chi connectivity index (χ3v) is 5.97. The maximum absolute atomic E-state index is 15.2. The number of nitrogens with one attached hydrogen (secondary N) is 2. The molecule has 184 valence electrons. The summed E-state index contributed by atoms with van der Waals surface area (Å²) in [5.74, 6) is 0.235. The van der Waals surface area contributed by atoms with E-state index in [1.54, 1.807) is 36.5 Å². The largest absolute Gasteiger partial charge is 0.378 e. The monoisotopic (exact) mass is 480 g/mol. The molecular formula is C24H29FN8O2. The van der Waals surface area contributed by atoms with Gasteiger partial charge in [-0.25, -0.2) is 9.18 Å². The number of aromatic nitrogens is 1. The number of nitriles is 1. The van der Waals surface area contributed by atoms with Gasteiger partial charge in [-0.2, -0.15) is 5.26 Å². The lowest BCUT2D eigenvalue weighted by molar-refractivity contribution is 0.0590. The molecule has 0 saturated carbocycles. The molecule has 2 amide bonds. The summed E-state index contributed by atoms with van der Waals surface area (Å²) in [5, 5.41) is 14.4. The summed E-state index contributed by atoms with van der Waals surface area (Å²) in [4.78, 5) is 26.8. The Balaban J connectivity index is 1.34. The van der Waals surface area contributed by atoms with Gasteiger partial charge >= 0.3 is 6.03 Å². The first-order valence-electron chi connectivity index (χ1n) is 11.6. The predicted octanol–water partition coefficient (Wildman–Crippen LogP) is 2.46. The van der Waals surface area contributed by atoms with Crippen LogP contribution in [0.4, 0.5) is 20.6 Å². The van der Waals surface area contributed by atoms with Crippen molar-refractivity contribution in [1.29, 1.82) is 5.26 Å². The summed E-state index contributed by atoms with van der Waals surface area (Å²) < 4.78 is 20.6. The summed E-state index contributed by atoms with van der Waals surface area (Å²) >= 11 is 0. The number of amides is 2. The van der Waals surface area contributed by atoms with Crippen molar-refractivity contribution in [3.8, 4) is 6.19 Å². The second-order valence-electron chi connectivity index (χ2n) is 8.42. The number of urea groups is 1. The highest BCUT2D eigenvalue weighted by Gasteiger charge is 2.26. The van der Waals surface area contributed by atoms with Crippen molar-refractivity contribution >= 4 is 23.4 Å². The number of piperazine rings is 1. The number of aliphatic imine (C=N–C) groups is 1. The molecule has 1 aromatic heterocycles.